The SMILES string of the molecule is Cc1cc(C(=O)NC2CCN(c3cc(C)c4ccccc4n3)CC2)n(C)n1. The van der Waals surface area contributed by atoms with Crippen molar-refractivity contribution in [2.45, 2.75) is 32.7 Å². The maximum absolute atomic E-state index is 12.5. The first-order valence-electron chi connectivity index (χ1n) is 9.44. The molecule has 1 saturated heterocycles. The molecule has 3 heterocycles. The molecule has 0 atom stereocenters. The van der Waals surface area contributed by atoms with Crippen LogP contribution in [0.25, 0.3) is 10.9 Å². The van der Waals surface area contributed by atoms with Gasteiger partial charge >= 0.3 is 0 Å². The smallest absolute Gasteiger partial charge is 0.269 e. The van der Waals surface area contributed by atoms with Crippen LogP contribution in [0.15, 0.2) is 36.4 Å². The van der Waals surface area contributed by atoms with E-state index in [9.17, 15) is 4.79 Å². The number of carbonyl (C=O) groups is 1. The molecule has 27 heavy (non-hydrogen) atoms. The molecule has 2 aromatic heterocycles. The second-order valence-electron chi connectivity index (χ2n) is 7.34. The number of nitrogens with one attached hydrogen (secondary N) is 1. The molecule has 1 aliphatic rings. The Bertz CT molecular complexity index is 985. The van der Waals surface area contributed by atoms with Crippen molar-refractivity contribution in [2.75, 3.05) is 18.0 Å². The van der Waals surface area contributed by atoms with Gasteiger partial charge in [-0.3, -0.25) is 9.48 Å². The average molecular weight is 363 g/mol. The Morgan fingerprint density at radius 3 is 2.59 bits per heavy atom. The Morgan fingerprint density at radius 1 is 1.15 bits per heavy atom. The molecular formula is C21H25N5O. The van der Waals surface area contributed by atoms with Crippen molar-refractivity contribution in [3.05, 3.63) is 53.3 Å². The van der Waals surface area contributed by atoms with E-state index in [0.717, 1.165) is 43.0 Å². The summed E-state index contributed by atoms with van der Waals surface area (Å²) in [5.74, 6) is 0.981. The molecule has 0 unspecified atom stereocenters. The van der Waals surface area contributed by atoms with Crippen LogP contribution in [0.2, 0.25) is 0 Å². The highest BCUT2D eigenvalue weighted by Crippen LogP contribution is 2.24. The molecule has 1 N–H and O–H groups in total. The minimum atomic E-state index is -0.0452. The summed E-state index contributed by atoms with van der Waals surface area (Å²) in [4.78, 5) is 19.6. The highest BCUT2D eigenvalue weighted by Gasteiger charge is 2.23. The number of fused-ring (bicyclic) bond motifs is 1. The van der Waals surface area contributed by atoms with Crippen LogP contribution in [0.1, 0.15) is 34.6 Å². The number of benzene rings is 1. The van der Waals surface area contributed by atoms with E-state index in [0.29, 0.717) is 5.69 Å². The van der Waals surface area contributed by atoms with E-state index in [1.165, 1.54) is 10.9 Å². The molecule has 0 saturated carbocycles. The Kier molecular flexibility index (Phi) is 4.56. The molecule has 0 bridgehead atoms. The second kappa shape index (κ2) is 7.02. The lowest BCUT2D eigenvalue weighted by atomic mass is 10.0. The molecule has 1 aliphatic heterocycles. The summed E-state index contributed by atoms with van der Waals surface area (Å²) in [6.07, 6.45) is 1.83. The van der Waals surface area contributed by atoms with Gasteiger partial charge in [0.05, 0.1) is 11.2 Å². The van der Waals surface area contributed by atoms with Gasteiger partial charge in [0.2, 0.25) is 0 Å². The zero-order valence-electron chi connectivity index (χ0n) is 16.1. The molecule has 0 aliphatic carbocycles. The minimum Gasteiger partial charge on any atom is -0.356 e. The molecule has 1 fully saturated rings. The third-order valence-electron chi connectivity index (χ3n) is 5.30. The first-order chi connectivity index (χ1) is 13.0. The fourth-order valence-corrected chi connectivity index (χ4v) is 3.83. The molecular weight excluding hydrogens is 338 g/mol. The molecule has 1 aromatic carbocycles. The number of anilines is 1. The predicted octanol–water partition coefficient (Wildman–Crippen LogP) is 2.98. The van der Waals surface area contributed by atoms with Crippen LogP contribution in [0.4, 0.5) is 5.82 Å². The van der Waals surface area contributed by atoms with Crippen LogP contribution in [0, 0.1) is 13.8 Å². The number of rotatable bonds is 3. The fourth-order valence-electron chi connectivity index (χ4n) is 3.83. The highest BCUT2D eigenvalue weighted by molar-refractivity contribution is 5.92. The number of para-hydroxylation sites is 1. The zero-order valence-corrected chi connectivity index (χ0v) is 16.1. The first-order valence-corrected chi connectivity index (χ1v) is 9.44. The van der Waals surface area contributed by atoms with E-state index in [4.69, 9.17) is 4.98 Å². The third-order valence-corrected chi connectivity index (χ3v) is 5.30. The average Bonchev–Trinajstić information content (AvgIpc) is 3.00. The number of aryl methyl sites for hydroxylation is 3. The normalized spacial score (nSPS) is 15.3. The standard InChI is InChI=1S/C21H25N5O/c1-14-12-20(23-18-7-5-4-6-17(14)18)26-10-8-16(9-11-26)22-21(27)19-13-15(2)24-25(19)3/h4-7,12-13,16H,8-11H2,1-3H3,(H,22,27). The van der Waals surface area contributed by atoms with E-state index < -0.39 is 0 Å². The van der Waals surface area contributed by atoms with Gasteiger partial charge in [-0.25, -0.2) is 4.98 Å². The third kappa shape index (κ3) is 3.52. The number of hydrogen-bond acceptors (Lipinski definition) is 4. The number of pyridine rings is 1. The quantitative estimate of drug-likeness (QED) is 0.777. The summed E-state index contributed by atoms with van der Waals surface area (Å²) < 4.78 is 1.64. The van der Waals surface area contributed by atoms with Crippen LogP contribution in [0.3, 0.4) is 0 Å². The topological polar surface area (TPSA) is 63.1 Å². The van der Waals surface area contributed by atoms with Crippen molar-refractivity contribution in [3.8, 4) is 0 Å². The van der Waals surface area contributed by atoms with Crippen molar-refractivity contribution in [3.63, 3.8) is 0 Å². The summed E-state index contributed by atoms with van der Waals surface area (Å²) in [6.45, 7) is 5.81. The second-order valence-corrected chi connectivity index (χ2v) is 7.34. The molecule has 1 amide bonds. The number of aromatic nitrogens is 3. The Labute approximate surface area is 159 Å². The van der Waals surface area contributed by atoms with Gasteiger partial charge in [-0.15, -0.1) is 0 Å². The van der Waals surface area contributed by atoms with Crippen molar-refractivity contribution in [2.24, 2.45) is 7.05 Å². The lowest BCUT2D eigenvalue weighted by Crippen LogP contribution is -2.45. The number of piperidine rings is 1. The Balaban J connectivity index is 1.42. The Morgan fingerprint density at radius 2 is 1.89 bits per heavy atom. The van der Waals surface area contributed by atoms with Gasteiger partial charge in [0.1, 0.15) is 11.5 Å². The zero-order chi connectivity index (χ0) is 19.0. The summed E-state index contributed by atoms with van der Waals surface area (Å²) in [5, 5.41) is 8.61. The molecule has 4 rings (SSSR count). The van der Waals surface area contributed by atoms with Crippen molar-refractivity contribution in [1.29, 1.82) is 0 Å². The van der Waals surface area contributed by atoms with Gasteiger partial charge in [0, 0.05) is 31.6 Å². The molecule has 0 radical (unpaired) electrons. The first kappa shape index (κ1) is 17.5. The van der Waals surface area contributed by atoms with Crippen molar-refractivity contribution in [1.82, 2.24) is 20.1 Å². The lowest BCUT2D eigenvalue weighted by molar-refractivity contribution is 0.0921. The van der Waals surface area contributed by atoms with Crippen LogP contribution >= 0.6 is 0 Å². The van der Waals surface area contributed by atoms with Gasteiger partial charge in [0.15, 0.2) is 0 Å². The van der Waals surface area contributed by atoms with Gasteiger partial charge in [-0.1, -0.05) is 18.2 Å². The van der Waals surface area contributed by atoms with Gasteiger partial charge < -0.3 is 10.2 Å². The highest BCUT2D eigenvalue weighted by atomic mass is 16.2. The largest absolute Gasteiger partial charge is 0.356 e. The van der Waals surface area contributed by atoms with E-state index in [2.05, 4.69) is 46.5 Å². The maximum atomic E-state index is 12.5. The van der Waals surface area contributed by atoms with E-state index >= 15 is 0 Å². The van der Waals surface area contributed by atoms with Crippen LogP contribution < -0.4 is 10.2 Å². The van der Waals surface area contributed by atoms with Gasteiger partial charge in [0.25, 0.3) is 5.91 Å². The summed E-state index contributed by atoms with van der Waals surface area (Å²) in [5.41, 5.74) is 3.75. The van der Waals surface area contributed by atoms with Crippen molar-refractivity contribution < 1.29 is 4.79 Å². The van der Waals surface area contributed by atoms with E-state index in [-0.39, 0.29) is 11.9 Å². The Hall–Kier alpha value is -2.89. The predicted molar refractivity (Wildman–Crippen MR) is 107 cm³/mol. The van der Waals surface area contributed by atoms with Crippen LogP contribution in [-0.2, 0) is 7.05 Å². The fraction of sp³-hybridized carbons (Fsp3) is 0.381. The van der Waals surface area contributed by atoms with Gasteiger partial charge in [-0.05, 0) is 50.5 Å². The summed E-state index contributed by atoms with van der Waals surface area (Å²) in [6, 6.07) is 12.4. The van der Waals surface area contributed by atoms with E-state index in [1.54, 1.807) is 11.7 Å². The molecule has 140 valence electrons. The van der Waals surface area contributed by atoms with Crippen LogP contribution in [-0.4, -0.2) is 39.8 Å². The summed E-state index contributed by atoms with van der Waals surface area (Å²) in [7, 11) is 1.80. The summed E-state index contributed by atoms with van der Waals surface area (Å²) >= 11 is 0. The number of carbonyl (C=O) groups excluding carboxylic acids is 1. The molecule has 0 spiro atoms. The minimum absolute atomic E-state index is 0.0452. The molecule has 3 aromatic rings. The molecule has 6 heteroatoms. The molecule has 6 nitrogen and oxygen atoms in total. The van der Waals surface area contributed by atoms with E-state index in [1.807, 2.05) is 19.1 Å². The lowest BCUT2D eigenvalue weighted by Gasteiger charge is -2.33. The monoisotopic (exact) mass is 363 g/mol. The van der Waals surface area contributed by atoms with Crippen molar-refractivity contribution >= 4 is 22.6 Å². The number of hydrogen-bond donors (Lipinski definition) is 1. The maximum Gasteiger partial charge on any atom is 0.269 e. The van der Waals surface area contributed by atoms with Crippen LogP contribution in [0.5, 0.6) is 0 Å². The number of amides is 1. The van der Waals surface area contributed by atoms with Gasteiger partial charge in [-0.2, -0.15) is 5.10 Å². The number of nitrogens with zero attached hydrogens (tertiary/aromatic N) is 4.